The van der Waals surface area contributed by atoms with Gasteiger partial charge < -0.3 is 5.11 Å². The Balaban J connectivity index is 1.49. The average molecular weight is 441 g/mol. The van der Waals surface area contributed by atoms with Gasteiger partial charge in [-0.25, -0.2) is 9.61 Å². The third-order valence-electron chi connectivity index (χ3n) is 5.72. The van der Waals surface area contributed by atoms with Gasteiger partial charge in [0, 0.05) is 17.5 Å². The van der Waals surface area contributed by atoms with E-state index in [2.05, 4.69) is 66.9 Å². The summed E-state index contributed by atoms with van der Waals surface area (Å²) in [7, 11) is 0. The van der Waals surface area contributed by atoms with E-state index in [1.165, 1.54) is 0 Å². The van der Waals surface area contributed by atoms with E-state index in [9.17, 15) is 5.11 Å². The van der Waals surface area contributed by atoms with Gasteiger partial charge in [-0.1, -0.05) is 61.9 Å². The standard InChI is InChI=1S/C24H24N8O/c1-3-4-9-21-20(23(33)26-24-25-15(2)29-32(21)24)14-16-10-12-17(13-11-16)18-7-5-6-8-19(18)22-27-30-31-28-22/h5-8,10-13H,3-4,9,14H2,1-2H3,(H,25,26,29,33)(H,27,28,30,31). The topological polar surface area (TPSA) is 118 Å². The zero-order valence-corrected chi connectivity index (χ0v) is 18.5. The number of rotatable bonds is 7. The molecule has 2 N–H and O–H groups in total. The lowest BCUT2D eigenvalue weighted by Crippen LogP contribution is -2.08. The zero-order chi connectivity index (χ0) is 22.8. The van der Waals surface area contributed by atoms with Crippen molar-refractivity contribution in [1.29, 1.82) is 0 Å². The second-order valence-electron chi connectivity index (χ2n) is 8.00. The molecule has 0 aliphatic carbocycles. The molecule has 0 aliphatic heterocycles. The molecule has 0 unspecified atom stereocenters. The van der Waals surface area contributed by atoms with Crippen LogP contribution < -0.4 is 0 Å². The summed E-state index contributed by atoms with van der Waals surface area (Å²) in [6.07, 6.45) is 3.40. The Morgan fingerprint density at radius 3 is 2.52 bits per heavy atom. The molecule has 3 aromatic heterocycles. The number of fused-ring (bicyclic) bond motifs is 1. The molecule has 5 aromatic rings. The van der Waals surface area contributed by atoms with Gasteiger partial charge in [-0.2, -0.15) is 15.1 Å². The lowest BCUT2D eigenvalue weighted by molar-refractivity contribution is 0.444. The maximum absolute atomic E-state index is 10.7. The van der Waals surface area contributed by atoms with E-state index in [1.807, 2.05) is 31.2 Å². The van der Waals surface area contributed by atoms with Crippen molar-refractivity contribution in [3.05, 3.63) is 71.2 Å². The maximum atomic E-state index is 10.7. The summed E-state index contributed by atoms with van der Waals surface area (Å²) in [6, 6.07) is 16.3. The van der Waals surface area contributed by atoms with Gasteiger partial charge in [-0.3, -0.25) is 0 Å². The molecule has 0 saturated carbocycles. The van der Waals surface area contributed by atoms with Crippen molar-refractivity contribution in [2.45, 2.75) is 39.5 Å². The molecule has 0 fully saturated rings. The Morgan fingerprint density at radius 1 is 1.00 bits per heavy atom. The van der Waals surface area contributed by atoms with E-state index in [1.54, 1.807) is 4.52 Å². The van der Waals surface area contributed by atoms with Gasteiger partial charge in [-0.15, -0.1) is 5.10 Å². The number of aromatic hydroxyl groups is 1. The molecule has 5 rings (SSSR count). The Bertz CT molecular complexity index is 1390. The Morgan fingerprint density at radius 2 is 1.79 bits per heavy atom. The van der Waals surface area contributed by atoms with Crippen molar-refractivity contribution >= 4 is 5.78 Å². The molecule has 166 valence electrons. The average Bonchev–Trinajstić information content (AvgIpc) is 3.49. The SMILES string of the molecule is CCCCc1c(Cc2ccc(-c3ccccc3-c3nnn[nH]3)cc2)c(O)nc2nc(C)nn12. The van der Waals surface area contributed by atoms with Crippen LogP contribution in [0.4, 0.5) is 0 Å². The summed E-state index contributed by atoms with van der Waals surface area (Å²) in [5.74, 6) is 1.73. The number of nitrogens with one attached hydrogen (secondary N) is 1. The van der Waals surface area contributed by atoms with Crippen molar-refractivity contribution in [1.82, 2.24) is 40.2 Å². The van der Waals surface area contributed by atoms with Crippen molar-refractivity contribution in [3.8, 4) is 28.4 Å². The molecular weight excluding hydrogens is 416 g/mol. The Labute approximate surface area is 190 Å². The lowest BCUT2D eigenvalue weighted by atomic mass is 9.96. The molecule has 0 atom stereocenters. The van der Waals surface area contributed by atoms with Crippen LogP contribution >= 0.6 is 0 Å². The number of tetrazole rings is 1. The van der Waals surface area contributed by atoms with Crippen molar-refractivity contribution < 1.29 is 5.11 Å². The fraction of sp³-hybridized carbons (Fsp3) is 0.250. The second kappa shape index (κ2) is 8.78. The summed E-state index contributed by atoms with van der Waals surface area (Å²) < 4.78 is 1.77. The van der Waals surface area contributed by atoms with Gasteiger partial charge in [0.05, 0.1) is 5.69 Å². The number of aryl methyl sites for hydroxylation is 2. The van der Waals surface area contributed by atoms with Crippen LogP contribution in [0.15, 0.2) is 48.5 Å². The second-order valence-corrected chi connectivity index (χ2v) is 8.00. The van der Waals surface area contributed by atoms with Crippen LogP contribution in [0.25, 0.3) is 28.3 Å². The largest absolute Gasteiger partial charge is 0.493 e. The van der Waals surface area contributed by atoms with E-state index in [0.29, 0.717) is 23.8 Å². The number of aromatic nitrogens is 8. The molecule has 0 radical (unpaired) electrons. The lowest BCUT2D eigenvalue weighted by Gasteiger charge is -2.13. The van der Waals surface area contributed by atoms with E-state index >= 15 is 0 Å². The smallest absolute Gasteiger partial charge is 0.255 e. The van der Waals surface area contributed by atoms with E-state index in [4.69, 9.17) is 0 Å². The maximum Gasteiger partial charge on any atom is 0.255 e. The van der Waals surface area contributed by atoms with Crippen LogP contribution in [-0.2, 0) is 12.8 Å². The van der Waals surface area contributed by atoms with Crippen LogP contribution in [0.3, 0.4) is 0 Å². The minimum absolute atomic E-state index is 0.0215. The van der Waals surface area contributed by atoms with Gasteiger partial charge in [0.2, 0.25) is 5.88 Å². The van der Waals surface area contributed by atoms with Crippen LogP contribution in [0.2, 0.25) is 0 Å². The predicted octanol–water partition coefficient (Wildman–Crippen LogP) is 3.92. The van der Waals surface area contributed by atoms with Gasteiger partial charge in [0.15, 0.2) is 5.82 Å². The van der Waals surface area contributed by atoms with Crippen LogP contribution in [-0.4, -0.2) is 45.3 Å². The third kappa shape index (κ3) is 4.05. The Hall–Kier alpha value is -4.14. The van der Waals surface area contributed by atoms with E-state index in [-0.39, 0.29) is 5.88 Å². The minimum Gasteiger partial charge on any atom is -0.493 e. The van der Waals surface area contributed by atoms with Gasteiger partial charge in [0.1, 0.15) is 5.82 Å². The normalized spacial score (nSPS) is 11.3. The predicted molar refractivity (Wildman–Crippen MR) is 124 cm³/mol. The number of hydrogen-bond acceptors (Lipinski definition) is 7. The van der Waals surface area contributed by atoms with Crippen LogP contribution in [0.5, 0.6) is 5.88 Å². The molecule has 0 aliphatic rings. The molecule has 2 aromatic carbocycles. The first-order chi connectivity index (χ1) is 16.1. The molecule has 9 heteroatoms. The number of H-pyrrole nitrogens is 1. The fourth-order valence-corrected chi connectivity index (χ4v) is 4.08. The summed E-state index contributed by atoms with van der Waals surface area (Å²) in [5.41, 5.74) is 5.86. The minimum atomic E-state index is 0.0215. The summed E-state index contributed by atoms with van der Waals surface area (Å²) >= 11 is 0. The molecule has 9 nitrogen and oxygen atoms in total. The highest BCUT2D eigenvalue weighted by Crippen LogP contribution is 2.31. The number of unbranched alkanes of at least 4 members (excludes halogenated alkanes) is 1. The first kappa shape index (κ1) is 20.7. The van der Waals surface area contributed by atoms with Gasteiger partial charge in [0.25, 0.3) is 5.78 Å². The number of nitrogens with zero attached hydrogens (tertiary/aromatic N) is 7. The number of hydrogen-bond donors (Lipinski definition) is 2. The number of benzene rings is 2. The molecule has 3 heterocycles. The molecule has 0 spiro atoms. The highest BCUT2D eigenvalue weighted by molar-refractivity contribution is 5.80. The monoisotopic (exact) mass is 440 g/mol. The van der Waals surface area contributed by atoms with Crippen molar-refractivity contribution in [2.24, 2.45) is 0 Å². The molecule has 0 amide bonds. The number of aromatic amines is 1. The highest BCUT2D eigenvalue weighted by Gasteiger charge is 2.18. The highest BCUT2D eigenvalue weighted by atomic mass is 16.3. The van der Waals surface area contributed by atoms with Crippen LogP contribution in [0, 0.1) is 6.92 Å². The summed E-state index contributed by atoms with van der Waals surface area (Å²) in [6.45, 7) is 3.98. The first-order valence-corrected chi connectivity index (χ1v) is 11.0. The summed E-state index contributed by atoms with van der Waals surface area (Å²) in [4.78, 5) is 8.62. The van der Waals surface area contributed by atoms with E-state index in [0.717, 1.165) is 52.8 Å². The molecule has 33 heavy (non-hydrogen) atoms. The van der Waals surface area contributed by atoms with Crippen LogP contribution in [0.1, 0.15) is 42.4 Å². The fourth-order valence-electron chi connectivity index (χ4n) is 4.08. The Kier molecular flexibility index (Phi) is 5.52. The van der Waals surface area contributed by atoms with Crippen molar-refractivity contribution in [2.75, 3.05) is 0 Å². The molecule has 0 bridgehead atoms. The van der Waals surface area contributed by atoms with Gasteiger partial charge in [-0.05, 0) is 46.9 Å². The quantitative estimate of drug-likeness (QED) is 0.394. The van der Waals surface area contributed by atoms with Gasteiger partial charge >= 0.3 is 0 Å². The zero-order valence-electron chi connectivity index (χ0n) is 18.5. The molecular formula is C24H24N8O. The molecule has 0 saturated heterocycles. The van der Waals surface area contributed by atoms with Crippen molar-refractivity contribution in [3.63, 3.8) is 0 Å². The summed E-state index contributed by atoms with van der Waals surface area (Å²) in [5, 5.41) is 29.5. The van der Waals surface area contributed by atoms with E-state index < -0.39 is 0 Å². The first-order valence-electron chi connectivity index (χ1n) is 11.0. The third-order valence-corrected chi connectivity index (χ3v) is 5.72.